The zero-order valence-electron chi connectivity index (χ0n) is 25.8. The van der Waals surface area contributed by atoms with E-state index in [1.165, 1.54) is 4.90 Å². The van der Waals surface area contributed by atoms with Gasteiger partial charge in [0.15, 0.2) is 0 Å². The number of anilines is 1. The molecule has 0 spiro atoms. The Morgan fingerprint density at radius 1 is 0.864 bits per heavy atom. The van der Waals surface area contributed by atoms with Gasteiger partial charge in [-0.2, -0.15) is 5.26 Å². The lowest BCUT2D eigenvalue weighted by molar-refractivity contribution is -0.140. The summed E-state index contributed by atoms with van der Waals surface area (Å²) in [7, 11) is 0. The second kappa shape index (κ2) is 13.9. The molecule has 0 saturated heterocycles. The SMILES string of the molecule is Cc1ccc(C(C(=O)Nc2ccc3ccccc3c2)N(CC#N)C(=O)C(Cc2ccccc2)NC(=O)OC(C)(C)C)cc1C. The minimum Gasteiger partial charge on any atom is -0.444 e. The smallest absolute Gasteiger partial charge is 0.408 e. The van der Waals surface area contributed by atoms with Crippen LogP contribution >= 0.6 is 0 Å². The normalized spacial score (nSPS) is 12.5. The Morgan fingerprint density at radius 3 is 2.20 bits per heavy atom. The molecule has 0 fully saturated rings. The lowest BCUT2D eigenvalue weighted by Crippen LogP contribution is -2.53. The number of amides is 3. The zero-order chi connectivity index (χ0) is 31.9. The summed E-state index contributed by atoms with van der Waals surface area (Å²) in [6.45, 7) is 8.70. The fourth-order valence-electron chi connectivity index (χ4n) is 4.96. The van der Waals surface area contributed by atoms with E-state index in [9.17, 15) is 19.6 Å². The van der Waals surface area contributed by atoms with Crippen LogP contribution in [0.5, 0.6) is 0 Å². The molecule has 0 saturated carbocycles. The number of nitrogens with one attached hydrogen (secondary N) is 2. The number of hydrogen-bond donors (Lipinski definition) is 2. The summed E-state index contributed by atoms with van der Waals surface area (Å²) in [5.74, 6) is -1.07. The first-order valence-corrected chi connectivity index (χ1v) is 14.5. The lowest BCUT2D eigenvalue weighted by Gasteiger charge is -2.33. The Bertz CT molecular complexity index is 1690. The Hall–Kier alpha value is -5.16. The number of nitrogens with zero attached hydrogens (tertiary/aromatic N) is 2. The summed E-state index contributed by atoms with van der Waals surface area (Å²) < 4.78 is 5.47. The third-order valence-electron chi connectivity index (χ3n) is 7.22. The maximum absolute atomic E-state index is 14.4. The summed E-state index contributed by atoms with van der Waals surface area (Å²) >= 11 is 0. The monoisotopic (exact) mass is 590 g/mol. The van der Waals surface area contributed by atoms with Crippen LogP contribution in [0.2, 0.25) is 0 Å². The van der Waals surface area contributed by atoms with Crippen molar-refractivity contribution in [3.8, 4) is 6.07 Å². The minimum absolute atomic E-state index is 0.132. The fourth-order valence-corrected chi connectivity index (χ4v) is 4.96. The van der Waals surface area contributed by atoms with E-state index >= 15 is 0 Å². The molecule has 0 bridgehead atoms. The van der Waals surface area contributed by atoms with Crippen molar-refractivity contribution in [2.45, 2.75) is 58.7 Å². The van der Waals surface area contributed by atoms with Gasteiger partial charge >= 0.3 is 6.09 Å². The average Bonchev–Trinajstić information content (AvgIpc) is 2.97. The standard InChI is InChI=1S/C36H38N4O4/c1-24-15-16-29(21-25(24)2)32(33(41)38-30-18-17-27-13-9-10-14-28(27)23-30)40(20-19-37)34(42)31(22-26-11-7-6-8-12-26)39-35(43)44-36(3,4)5/h6-18,21,23,31-32H,20,22H2,1-5H3,(H,38,41)(H,39,43). The Balaban J connectivity index is 1.74. The molecule has 3 amide bonds. The van der Waals surface area contributed by atoms with Crippen LogP contribution in [0, 0.1) is 25.2 Å². The Labute approximate surface area is 258 Å². The maximum Gasteiger partial charge on any atom is 0.408 e. The molecule has 4 aromatic carbocycles. The minimum atomic E-state index is -1.16. The number of hydrogen-bond acceptors (Lipinski definition) is 5. The first-order chi connectivity index (χ1) is 20.9. The van der Waals surface area contributed by atoms with Crippen LogP contribution in [0.3, 0.4) is 0 Å². The highest BCUT2D eigenvalue weighted by atomic mass is 16.6. The largest absolute Gasteiger partial charge is 0.444 e. The molecule has 0 aromatic heterocycles. The second-order valence-electron chi connectivity index (χ2n) is 11.8. The molecule has 2 unspecified atom stereocenters. The van der Waals surface area contributed by atoms with Crippen LogP contribution < -0.4 is 10.6 Å². The number of carbonyl (C=O) groups is 3. The van der Waals surface area contributed by atoms with Crippen LogP contribution in [-0.2, 0) is 20.7 Å². The summed E-state index contributed by atoms with van der Waals surface area (Å²) in [4.78, 5) is 42.6. The molecular weight excluding hydrogens is 552 g/mol. The van der Waals surface area contributed by atoms with Crippen LogP contribution in [0.25, 0.3) is 10.8 Å². The zero-order valence-corrected chi connectivity index (χ0v) is 25.8. The van der Waals surface area contributed by atoms with Crippen LogP contribution in [-0.4, -0.2) is 41.0 Å². The van der Waals surface area contributed by atoms with Crippen LogP contribution in [0.4, 0.5) is 10.5 Å². The molecule has 4 rings (SSSR count). The van der Waals surface area contributed by atoms with Gasteiger partial charge < -0.3 is 20.3 Å². The van der Waals surface area contributed by atoms with E-state index < -0.39 is 35.6 Å². The number of ether oxygens (including phenoxy) is 1. The molecule has 0 aliphatic heterocycles. The molecule has 8 nitrogen and oxygen atoms in total. The van der Waals surface area contributed by atoms with E-state index in [0.717, 1.165) is 27.5 Å². The molecule has 0 heterocycles. The van der Waals surface area contributed by atoms with Gasteiger partial charge in [-0.3, -0.25) is 9.59 Å². The molecule has 0 aliphatic rings. The summed E-state index contributed by atoms with van der Waals surface area (Å²) in [6, 6.07) is 27.9. The fraction of sp³-hybridized carbons (Fsp3) is 0.278. The molecule has 0 radical (unpaired) electrons. The Kier molecular flexibility index (Phi) is 10.0. The van der Waals surface area contributed by atoms with Crippen molar-refractivity contribution in [2.24, 2.45) is 0 Å². The van der Waals surface area contributed by atoms with Gasteiger partial charge in [0.1, 0.15) is 24.2 Å². The van der Waals surface area contributed by atoms with Crippen LogP contribution in [0.1, 0.15) is 49.1 Å². The van der Waals surface area contributed by atoms with Crippen molar-refractivity contribution in [2.75, 3.05) is 11.9 Å². The number of nitriles is 1. The molecule has 2 atom stereocenters. The van der Waals surface area contributed by atoms with Crippen molar-refractivity contribution in [3.05, 3.63) is 113 Å². The number of rotatable bonds is 9. The number of carbonyl (C=O) groups excluding carboxylic acids is 3. The highest BCUT2D eigenvalue weighted by Gasteiger charge is 2.36. The summed E-state index contributed by atoms with van der Waals surface area (Å²) in [5.41, 5.74) is 3.06. The predicted octanol–water partition coefficient (Wildman–Crippen LogP) is 6.62. The van der Waals surface area contributed by atoms with Crippen molar-refractivity contribution < 1.29 is 19.1 Å². The summed E-state index contributed by atoms with van der Waals surface area (Å²) in [6.07, 6.45) is -0.640. The van der Waals surface area contributed by atoms with E-state index in [0.29, 0.717) is 11.3 Å². The van der Waals surface area contributed by atoms with E-state index in [4.69, 9.17) is 4.74 Å². The number of fused-ring (bicyclic) bond motifs is 1. The highest BCUT2D eigenvalue weighted by molar-refractivity contribution is 6.00. The molecular formula is C36H38N4O4. The van der Waals surface area contributed by atoms with Gasteiger partial charge in [-0.25, -0.2) is 4.79 Å². The van der Waals surface area contributed by atoms with Gasteiger partial charge in [-0.15, -0.1) is 0 Å². The maximum atomic E-state index is 14.4. The molecule has 8 heteroatoms. The van der Waals surface area contributed by atoms with Crippen LogP contribution in [0.15, 0.2) is 91.0 Å². The number of alkyl carbamates (subject to hydrolysis) is 1. The van der Waals surface area contributed by atoms with Crippen molar-refractivity contribution in [1.82, 2.24) is 10.2 Å². The molecule has 0 aliphatic carbocycles. The predicted molar refractivity (Wildman–Crippen MR) is 172 cm³/mol. The van der Waals surface area contributed by atoms with Crippen molar-refractivity contribution in [3.63, 3.8) is 0 Å². The third kappa shape index (κ3) is 8.23. The van der Waals surface area contributed by atoms with Gasteiger partial charge in [0.25, 0.3) is 5.91 Å². The van der Waals surface area contributed by atoms with Crippen molar-refractivity contribution >= 4 is 34.4 Å². The van der Waals surface area contributed by atoms with Crippen molar-refractivity contribution in [1.29, 1.82) is 5.26 Å². The molecule has 4 aromatic rings. The average molecular weight is 591 g/mol. The molecule has 226 valence electrons. The first-order valence-electron chi connectivity index (χ1n) is 14.5. The van der Waals surface area contributed by atoms with E-state index in [-0.39, 0.29) is 13.0 Å². The first kappa shape index (κ1) is 31.8. The number of benzene rings is 4. The Morgan fingerprint density at radius 2 is 1.55 bits per heavy atom. The second-order valence-corrected chi connectivity index (χ2v) is 11.8. The topological polar surface area (TPSA) is 112 Å². The lowest BCUT2D eigenvalue weighted by atomic mass is 9.97. The summed E-state index contributed by atoms with van der Waals surface area (Å²) in [5, 5.41) is 17.5. The van der Waals surface area contributed by atoms with Gasteiger partial charge in [-0.1, -0.05) is 78.9 Å². The van der Waals surface area contributed by atoms with E-state index in [2.05, 4.69) is 16.7 Å². The molecule has 2 N–H and O–H groups in total. The van der Waals surface area contributed by atoms with Gasteiger partial charge in [-0.05, 0) is 79.8 Å². The quantitative estimate of drug-likeness (QED) is 0.213. The van der Waals surface area contributed by atoms with Gasteiger partial charge in [0, 0.05) is 12.1 Å². The van der Waals surface area contributed by atoms with Gasteiger partial charge in [0.05, 0.1) is 6.07 Å². The third-order valence-corrected chi connectivity index (χ3v) is 7.22. The molecule has 44 heavy (non-hydrogen) atoms. The van der Waals surface area contributed by atoms with E-state index in [1.54, 1.807) is 32.9 Å². The number of aryl methyl sites for hydroxylation is 2. The van der Waals surface area contributed by atoms with Gasteiger partial charge in [0.2, 0.25) is 5.91 Å². The highest BCUT2D eigenvalue weighted by Crippen LogP contribution is 2.27. The van der Waals surface area contributed by atoms with E-state index in [1.807, 2.05) is 92.7 Å².